The lowest BCUT2D eigenvalue weighted by molar-refractivity contribution is 0.673. The van der Waals surface area contributed by atoms with Crippen LogP contribution in [0.2, 0.25) is 0 Å². The quantitative estimate of drug-likeness (QED) is 0.197. The Morgan fingerprint density at radius 2 is 0.957 bits per heavy atom. The minimum atomic E-state index is 0.886. The molecule has 0 radical (unpaired) electrons. The van der Waals surface area contributed by atoms with Crippen molar-refractivity contribution in [2.24, 2.45) is 0 Å². The molecule has 3 heteroatoms. The first-order valence-corrected chi connectivity index (χ1v) is 16.0. The van der Waals surface area contributed by atoms with Crippen LogP contribution in [0.15, 0.2) is 174 Å². The van der Waals surface area contributed by atoms with Gasteiger partial charge < -0.3 is 13.6 Å². The van der Waals surface area contributed by atoms with Crippen LogP contribution in [0.4, 0.5) is 0 Å². The van der Waals surface area contributed by atoms with E-state index in [4.69, 9.17) is 4.42 Å². The Hall–Kier alpha value is -6.32. The van der Waals surface area contributed by atoms with Gasteiger partial charge in [0, 0.05) is 27.5 Å². The third-order valence-corrected chi connectivity index (χ3v) is 9.53. The Balaban J connectivity index is 1.26. The number of para-hydroxylation sites is 4. The van der Waals surface area contributed by atoms with Gasteiger partial charge in [0.2, 0.25) is 0 Å². The van der Waals surface area contributed by atoms with E-state index in [9.17, 15) is 0 Å². The maximum atomic E-state index is 6.71. The van der Waals surface area contributed by atoms with E-state index in [0.29, 0.717) is 0 Å². The standard InChI is InChI=1S/C44H28N2O/c1-3-14-30(15-4-1)45-38-23-11-9-20-34(38)35-27-26-29(28-40(35)45)32-18-7-8-19-33(32)36-22-13-25-41-42(36)43-44(47-41)37-21-10-12-24-39(37)46(43)31-16-5-2-6-17-31/h1-28H. The van der Waals surface area contributed by atoms with Gasteiger partial charge >= 0.3 is 0 Å². The molecule has 0 aliphatic carbocycles. The summed E-state index contributed by atoms with van der Waals surface area (Å²) in [6.45, 7) is 0. The molecule has 0 atom stereocenters. The maximum Gasteiger partial charge on any atom is 0.161 e. The molecule has 0 spiro atoms. The molecule has 3 nitrogen and oxygen atoms in total. The molecule has 0 fully saturated rings. The maximum absolute atomic E-state index is 6.71. The number of aromatic nitrogens is 2. The molecule has 0 unspecified atom stereocenters. The fourth-order valence-corrected chi connectivity index (χ4v) is 7.54. The summed E-state index contributed by atoms with van der Waals surface area (Å²) in [7, 11) is 0. The highest BCUT2D eigenvalue weighted by Crippen LogP contribution is 2.45. The summed E-state index contributed by atoms with van der Waals surface area (Å²) in [4.78, 5) is 0. The second-order valence-corrected chi connectivity index (χ2v) is 12.1. The summed E-state index contributed by atoms with van der Waals surface area (Å²) < 4.78 is 11.4. The number of rotatable bonds is 4. The molecule has 0 saturated heterocycles. The van der Waals surface area contributed by atoms with Gasteiger partial charge in [-0.15, -0.1) is 0 Å². The second-order valence-electron chi connectivity index (χ2n) is 12.1. The molecule has 0 aliphatic heterocycles. The molecule has 0 saturated carbocycles. The Kier molecular flexibility index (Phi) is 5.57. The number of nitrogens with zero attached hydrogens (tertiary/aromatic N) is 2. The van der Waals surface area contributed by atoms with Crippen molar-refractivity contribution < 1.29 is 4.42 Å². The molecular formula is C44H28N2O. The summed E-state index contributed by atoms with van der Waals surface area (Å²) in [5.74, 6) is 0. The molecule has 0 N–H and O–H groups in total. The van der Waals surface area contributed by atoms with Gasteiger partial charge in [0.05, 0.1) is 21.9 Å². The zero-order valence-corrected chi connectivity index (χ0v) is 25.5. The average Bonchev–Trinajstić information content (AvgIpc) is 3.79. The molecule has 3 aromatic heterocycles. The first kappa shape index (κ1) is 26.0. The molecule has 10 rings (SSSR count). The van der Waals surface area contributed by atoms with Crippen molar-refractivity contribution in [2.75, 3.05) is 0 Å². The average molecular weight is 601 g/mol. The summed E-state index contributed by atoms with van der Waals surface area (Å²) in [5.41, 5.74) is 13.4. The van der Waals surface area contributed by atoms with Crippen molar-refractivity contribution in [3.8, 4) is 33.6 Å². The Morgan fingerprint density at radius 3 is 1.72 bits per heavy atom. The molecule has 0 amide bonds. The van der Waals surface area contributed by atoms with Crippen LogP contribution in [0.1, 0.15) is 0 Å². The lowest BCUT2D eigenvalue weighted by Crippen LogP contribution is -1.94. The molecule has 0 bridgehead atoms. The normalized spacial score (nSPS) is 11.8. The second kappa shape index (κ2) is 10.1. The molecule has 220 valence electrons. The van der Waals surface area contributed by atoms with E-state index >= 15 is 0 Å². The highest BCUT2D eigenvalue weighted by atomic mass is 16.3. The van der Waals surface area contributed by atoms with E-state index in [1.54, 1.807) is 0 Å². The SMILES string of the molecule is c1ccc(-n2c3ccccc3c3ccc(-c4ccccc4-c4cccc5oc6c7ccccc7n(-c7ccccc7)c6c45)cc32)cc1. The van der Waals surface area contributed by atoms with Crippen molar-refractivity contribution in [3.63, 3.8) is 0 Å². The molecule has 3 heterocycles. The van der Waals surface area contributed by atoms with Crippen molar-refractivity contribution in [1.29, 1.82) is 0 Å². The first-order valence-electron chi connectivity index (χ1n) is 16.0. The third kappa shape index (κ3) is 3.81. The molecule has 10 aromatic rings. The minimum Gasteiger partial charge on any atom is -0.454 e. The van der Waals surface area contributed by atoms with Gasteiger partial charge in [0.15, 0.2) is 5.58 Å². The predicted molar refractivity (Wildman–Crippen MR) is 196 cm³/mol. The molecular weight excluding hydrogens is 572 g/mol. The van der Waals surface area contributed by atoms with Crippen LogP contribution in [0.5, 0.6) is 0 Å². The van der Waals surface area contributed by atoms with E-state index in [2.05, 4.69) is 179 Å². The molecule has 47 heavy (non-hydrogen) atoms. The highest BCUT2D eigenvalue weighted by molar-refractivity contribution is 6.21. The van der Waals surface area contributed by atoms with E-state index in [1.165, 1.54) is 38.5 Å². The minimum absolute atomic E-state index is 0.886. The Morgan fingerprint density at radius 1 is 0.383 bits per heavy atom. The summed E-state index contributed by atoms with van der Waals surface area (Å²) in [5, 5.41) is 4.73. The fourth-order valence-electron chi connectivity index (χ4n) is 7.54. The summed E-state index contributed by atoms with van der Waals surface area (Å²) >= 11 is 0. The van der Waals surface area contributed by atoms with Crippen LogP contribution in [0, 0.1) is 0 Å². The summed E-state index contributed by atoms with van der Waals surface area (Å²) in [6.07, 6.45) is 0. The van der Waals surface area contributed by atoms with Crippen molar-refractivity contribution >= 4 is 54.8 Å². The summed E-state index contributed by atoms with van der Waals surface area (Å²) in [6, 6.07) is 60.6. The Labute approximate surface area is 271 Å². The molecule has 0 aliphatic rings. The number of hydrogen-bond acceptors (Lipinski definition) is 1. The smallest absolute Gasteiger partial charge is 0.161 e. The van der Waals surface area contributed by atoms with Gasteiger partial charge in [-0.25, -0.2) is 0 Å². The van der Waals surface area contributed by atoms with Gasteiger partial charge in [-0.1, -0.05) is 115 Å². The number of hydrogen-bond donors (Lipinski definition) is 0. The van der Waals surface area contributed by atoms with Gasteiger partial charge in [-0.3, -0.25) is 0 Å². The van der Waals surface area contributed by atoms with Crippen molar-refractivity contribution in [2.45, 2.75) is 0 Å². The lowest BCUT2D eigenvalue weighted by atomic mass is 9.92. The van der Waals surface area contributed by atoms with Crippen LogP contribution in [0.25, 0.3) is 88.4 Å². The van der Waals surface area contributed by atoms with E-state index in [0.717, 1.165) is 49.9 Å². The number of fused-ring (bicyclic) bond motifs is 8. The lowest BCUT2D eigenvalue weighted by Gasteiger charge is -2.14. The first-order chi connectivity index (χ1) is 23.3. The third-order valence-electron chi connectivity index (χ3n) is 9.53. The van der Waals surface area contributed by atoms with E-state index in [1.807, 2.05) is 0 Å². The van der Waals surface area contributed by atoms with Crippen LogP contribution in [0.3, 0.4) is 0 Å². The van der Waals surface area contributed by atoms with Crippen LogP contribution in [-0.4, -0.2) is 9.13 Å². The van der Waals surface area contributed by atoms with E-state index < -0.39 is 0 Å². The predicted octanol–water partition coefficient (Wildman–Crippen LogP) is 12.0. The van der Waals surface area contributed by atoms with Crippen LogP contribution in [-0.2, 0) is 0 Å². The number of benzene rings is 7. The van der Waals surface area contributed by atoms with Gasteiger partial charge in [0.1, 0.15) is 11.1 Å². The van der Waals surface area contributed by atoms with Crippen molar-refractivity contribution in [1.82, 2.24) is 9.13 Å². The zero-order valence-electron chi connectivity index (χ0n) is 25.5. The van der Waals surface area contributed by atoms with Crippen LogP contribution < -0.4 is 0 Å². The fraction of sp³-hybridized carbons (Fsp3) is 0. The van der Waals surface area contributed by atoms with Crippen molar-refractivity contribution in [3.05, 3.63) is 170 Å². The monoisotopic (exact) mass is 600 g/mol. The molecule has 7 aromatic carbocycles. The van der Waals surface area contributed by atoms with Gasteiger partial charge in [-0.05, 0) is 76.9 Å². The van der Waals surface area contributed by atoms with E-state index in [-0.39, 0.29) is 0 Å². The zero-order chi connectivity index (χ0) is 30.9. The highest BCUT2D eigenvalue weighted by Gasteiger charge is 2.23. The number of furan rings is 1. The largest absolute Gasteiger partial charge is 0.454 e. The van der Waals surface area contributed by atoms with Crippen LogP contribution >= 0.6 is 0 Å². The van der Waals surface area contributed by atoms with Gasteiger partial charge in [-0.2, -0.15) is 0 Å². The topological polar surface area (TPSA) is 23.0 Å². The Bertz CT molecular complexity index is 2780. The van der Waals surface area contributed by atoms with Gasteiger partial charge in [0.25, 0.3) is 0 Å².